The Kier molecular flexibility index (Phi) is 30.4. The zero-order chi connectivity index (χ0) is 49.1. The number of cyclic esters (lactones) is 1. The first-order valence-corrected chi connectivity index (χ1v) is 22.8. The maximum Gasteiger partial charge on any atom is 0.308 e. The lowest BCUT2D eigenvalue weighted by atomic mass is 9.87. The SMILES string of the molecule is C=C(O)C1C(O)CC(=O)CC(O)C(O)CCC(O)CC(O)CC(O)CC(=O)OC(C)C(C)C(O)C(C)/C=C/C=C/CC/C=C/C=C/C=C/C=C/C(OC2CC(N)CC(C)O2)CC1O.CO. The van der Waals surface area contributed by atoms with Crippen molar-refractivity contribution in [1.29, 1.82) is 0 Å². The van der Waals surface area contributed by atoms with Gasteiger partial charge in [-0.05, 0) is 58.8 Å². The number of aliphatic hydroxyl groups excluding tert-OH is 10. The number of carbonyl (C=O) groups is 2. The minimum atomic E-state index is -1.61. The maximum atomic E-state index is 12.9. The van der Waals surface area contributed by atoms with Gasteiger partial charge in [-0.2, -0.15) is 0 Å². The molecule has 0 spiro atoms. The standard InChI is InChI=1S/C48H77NO14.CH4O/c1-30-18-16-14-12-10-8-6-7-9-11-13-15-17-19-40(63-46-23-35(49)22-31(2)61-46)29-44(58)47(33(4)50)43(57)27-39(54)26-42(56)41(55)21-20-36(51)24-37(52)25-38(53)28-45(59)62-34(5)32(3)48(30)60;1-2/h6-7,9,11-19,30-32,34-38,40-44,46-48,50-53,55-58,60H,4,8,10,20-29,49H2,1-3,5H3;2H,1H3/b7-6+,11-9+,14-12+,15-13+,18-16+,19-17+;. The van der Waals surface area contributed by atoms with E-state index in [-0.39, 0.29) is 50.2 Å². The summed E-state index contributed by atoms with van der Waals surface area (Å²) in [6.07, 6.45) is 9.76. The van der Waals surface area contributed by atoms with Crippen LogP contribution in [0.4, 0.5) is 0 Å². The van der Waals surface area contributed by atoms with E-state index in [4.69, 9.17) is 25.1 Å². The van der Waals surface area contributed by atoms with Crippen molar-refractivity contribution in [2.75, 3.05) is 7.11 Å². The zero-order valence-electron chi connectivity index (χ0n) is 38.9. The van der Waals surface area contributed by atoms with Crippen molar-refractivity contribution >= 4 is 11.8 Å². The van der Waals surface area contributed by atoms with Crippen molar-refractivity contribution in [3.05, 3.63) is 85.3 Å². The first-order valence-electron chi connectivity index (χ1n) is 22.8. The molecule has 0 aromatic carbocycles. The third-order valence-electron chi connectivity index (χ3n) is 11.4. The predicted molar refractivity (Wildman–Crippen MR) is 248 cm³/mol. The van der Waals surface area contributed by atoms with Gasteiger partial charge in [-0.3, -0.25) is 9.59 Å². The molecule has 16 nitrogen and oxygen atoms in total. The Balaban J connectivity index is 0.0000104. The monoisotopic (exact) mass is 924 g/mol. The van der Waals surface area contributed by atoms with Crippen LogP contribution in [0.2, 0.25) is 0 Å². The van der Waals surface area contributed by atoms with Crippen molar-refractivity contribution in [2.24, 2.45) is 23.5 Å². The number of carbonyl (C=O) groups excluding carboxylic acids is 2. The number of allylic oxidation sites excluding steroid dienone is 10. The van der Waals surface area contributed by atoms with E-state index in [0.29, 0.717) is 12.8 Å². The molecule has 0 aromatic rings. The van der Waals surface area contributed by atoms with Crippen molar-refractivity contribution in [3.8, 4) is 0 Å². The topological polar surface area (TPSA) is 290 Å². The van der Waals surface area contributed by atoms with E-state index in [2.05, 4.69) is 6.58 Å². The Labute approximate surface area is 385 Å². The first-order chi connectivity index (χ1) is 30.8. The molecule has 12 N–H and O–H groups in total. The summed E-state index contributed by atoms with van der Waals surface area (Å²) in [5.74, 6) is -3.99. The number of esters is 1. The summed E-state index contributed by atoms with van der Waals surface area (Å²) < 4.78 is 17.6. The molecule has 1 fully saturated rings. The van der Waals surface area contributed by atoms with Crippen molar-refractivity contribution in [1.82, 2.24) is 0 Å². The lowest BCUT2D eigenvalue weighted by Crippen LogP contribution is -2.42. The summed E-state index contributed by atoms with van der Waals surface area (Å²) in [6.45, 7) is 10.7. The van der Waals surface area contributed by atoms with Gasteiger partial charge in [0, 0.05) is 50.7 Å². The Morgan fingerprint density at radius 3 is 1.86 bits per heavy atom. The highest BCUT2D eigenvalue weighted by Gasteiger charge is 2.35. The normalized spacial score (nSPS) is 39.9. The molecule has 2 aliphatic rings. The van der Waals surface area contributed by atoms with Crippen LogP contribution >= 0.6 is 0 Å². The minimum absolute atomic E-state index is 0.0806. The van der Waals surface area contributed by atoms with Gasteiger partial charge in [0.2, 0.25) is 0 Å². The number of hydrogen-bond donors (Lipinski definition) is 11. The maximum absolute atomic E-state index is 12.9. The van der Waals surface area contributed by atoms with Crippen molar-refractivity contribution in [3.63, 3.8) is 0 Å². The van der Waals surface area contributed by atoms with E-state index in [1.165, 1.54) is 0 Å². The fourth-order valence-corrected chi connectivity index (χ4v) is 7.63. The third-order valence-corrected chi connectivity index (χ3v) is 11.4. The summed E-state index contributed by atoms with van der Waals surface area (Å²) in [5, 5.41) is 103. The van der Waals surface area contributed by atoms with Gasteiger partial charge < -0.3 is 71.0 Å². The zero-order valence-corrected chi connectivity index (χ0v) is 38.9. The van der Waals surface area contributed by atoms with Crippen molar-refractivity contribution in [2.45, 2.75) is 184 Å². The largest absolute Gasteiger partial charge is 0.512 e. The summed E-state index contributed by atoms with van der Waals surface area (Å²) in [7, 11) is 1.00. The van der Waals surface area contributed by atoms with E-state index in [9.17, 15) is 55.5 Å². The predicted octanol–water partition coefficient (Wildman–Crippen LogP) is 3.43. The Morgan fingerprint density at radius 2 is 1.23 bits per heavy atom. The van der Waals surface area contributed by atoms with E-state index in [0.717, 1.165) is 20.0 Å². The van der Waals surface area contributed by atoms with Gasteiger partial charge in [0.25, 0.3) is 0 Å². The molecule has 0 aliphatic carbocycles. The first kappa shape index (κ1) is 59.7. The highest BCUT2D eigenvalue weighted by Crippen LogP contribution is 2.28. The second-order valence-electron chi connectivity index (χ2n) is 17.3. The molecule has 16 unspecified atom stereocenters. The van der Waals surface area contributed by atoms with Gasteiger partial charge in [0.1, 0.15) is 11.9 Å². The van der Waals surface area contributed by atoms with Gasteiger partial charge in [-0.1, -0.05) is 93.3 Å². The Bertz CT molecular complexity index is 1520. The van der Waals surface area contributed by atoms with E-state index in [1.807, 2.05) is 68.5 Å². The second kappa shape index (κ2) is 33.2. The van der Waals surface area contributed by atoms with Crippen molar-refractivity contribution < 1.29 is 74.9 Å². The van der Waals surface area contributed by atoms with Gasteiger partial charge in [-0.15, -0.1) is 0 Å². The average molecular weight is 924 g/mol. The van der Waals surface area contributed by atoms with E-state index in [1.54, 1.807) is 32.1 Å². The molecule has 2 aliphatic heterocycles. The van der Waals surface area contributed by atoms with Crippen LogP contribution in [0, 0.1) is 17.8 Å². The molecule has 0 bridgehead atoms. The van der Waals surface area contributed by atoms with Crippen LogP contribution < -0.4 is 5.73 Å². The molecule has 0 saturated carbocycles. The summed E-state index contributed by atoms with van der Waals surface area (Å²) >= 11 is 0. The smallest absolute Gasteiger partial charge is 0.308 e. The van der Waals surface area contributed by atoms with E-state index >= 15 is 0 Å². The summed E-state index contributed by atoms with van der Waals surface area (Å²) in [5.41, 5.74) is 6.20. The van der Waals surface area contributed by atoms with Gasteiger partial charge in [0.05, 0.1) is 79.1 Å². The third kappa shape index (κ3) is 25.4. The van der Waals surface area contributed by atoms with Crippen LogP contribution in [0.1, 0.15) is 105 Å². The molecule has 372 valence electrons. The second-order valence-corrected chi connectivity index (χ2v) is 17.3. The number of aliphatic hydroxyl groups is 10. The number of hydrogen-bond acceptors (Lipinski definition) is 16. The fourth-order valence-electron chi connectivity index (χ4n) is 7.63. The van der Waals surface area contributed by atoms with Gasteiger partial charge >= 0.3 is 5.97 Å². The van der Waals surface area contributed by atoms with Crippen LogP contribution in [0.5, 0.6) is 0 Å². The molecule has 16 atom stereocenters. The molecule has 65 heavy (non-hydrogen) atoms. The number of ether oxygens (including phenoxy) is 3. The molecule has 0 amide bonds. The molecule has 2 heterocycles. The lowest BCUT2D eigenvalue weighted by Gasteiger charge is -2.35. The van der Waals surface area contributed by atoms with Gasteiger partial charge in [0.15, 0.2) is 6.29 Å². The lowest BCUT2D eigenvalue weighted by molar-refractivity contribution is -0.210. The Morgan fingerprint density at radius 1 is 0.662 bits per heavy atom. The molecule has 1 saturated heterocycles. The molecular formula is C49H81NO15. The number of nitrogens with two attached hydrogens (primary N) is 1. The summed E-state index contributed by atoms with van der Waals surface area (Å²) in [6, 6.07) is -0.158. The Hall–Kier alpha value is -3.36. The highest BCUT2D eigenvalue weighted by molar-refractivity contribution is 5.79. The van der Waals surface area contributed by atoms with Crippen LogP contribution in [-0.2, 0) is 23.8 Å². The molecule has 16 heteroatoms. The molecule has 0 aromatic heterocycles. The van der Waals surface area contributed by atoms with Crippen LogP contribution in [0.25, 0.3) is 0 Å². The fraction of sp³-hybridized carbons (Fsp3) is 0.673. The van der Waals surface area contributed by atoms with Crippen LogP contribution in [0.15, 0.2) is 85.3 Å². The molecular weight excluding hydrogens is 843 g/mol. The van der Waals surface area contributed by atoms with Crippen LogP contribution in [0.3, 0.4) is 0 Å². The molecule has 2 rings (SSSR count). The average Bonchev–Trinajstić information content (AvgIpc) is 3.21. The minimum Gasteiger partial charge on any atom is -0.512 e. The number of Topliss-reactive ketones (excluding diaryl/α,β-unsaturated/α-hetero) is 1. The molecule has 0 radical (unpaired) electrons. The van der Waals surface area contributed by atoms with Crippen LogP contribution in [-0.4, -0.2) is 149 Å². The highest BCUT2D eigenvalue weighted by atomic mass is 16.7. The van der Waals surface area contributed by atoms with E-state index < -0.39 is 116 Å². The number of rotatable bonds is 3. The van der Waals surface area contributed by atoms with Gasteiger partial charge in [-0.25, -0.2) is 0 Å². The summed E-state index contributed by atoms with van der Waals surface area (Å²) in [4.78, 5) is 25.5. The number of ketones is 1. The quantitative estimate of drug-likeness (QED) is 0.143.